The second-order valence-corrected chi connectivity index (χ2v) is 5.25. The topological polar surface area (TPSA) is 80.9 Å². The van der Waals surface area contributed by atoms with Gasteiger partial charge in [-0.2, -0.15) is 4.98 Å². The van der Waals surface area contributed by atoms with Gasteiger partial charge in [-0.25, -0.2) is 0 Å². The van der Waals surface area contributed by atoms with Crippen molar-refractivity contribution < 1.29 is 9.32 Å². The first kappa shape index (κ1) is 15.2. The second-order valence-electron chi connectivity index (χ2n) is 4.85. The second kappa shape index (κ2) is 6.58. The highest BCUT2D eigenvalue weighted by molar-refractivity contribution is 6.33. The van der Waals surface area contributed by atoms with Gasteiger partial charge in [-0.05, 0) is 31.2 Å². The summed E-state index contributed by atoms with van der Waals surface area (Å²) in [7, 11) is 0. The average molecular weight is 329 g/mol. The van der Waals surface area contributed by atoms with Gasteiger partial charge in [0.25, 0.3) is 5.91 Å². The molecule has 0 spiro atoms. The molecule has 0 saturated carbocycles. The molecule has 1 amide bonds. The van der Waals surface area contributed by atoms with Crippen molar-refractivity contribution in [3.05, 3.63) is 65.1 Å². The SMILES string of the molecule is C[C@H](NC(=O)c1ccccc1Cl)c1nc(-c2ccccn2)no1. The van der Waals surface area contributed by atoms with Crippen molar-refractivity contribution in [1.29, 1.82) is 0 Å². The van der Waals surface area contributed by atoms with E-state index in [0.29, 0.717) is 28.0 Å². The Bertz CT molecular complexity index is 820. The van der Waals surface area contributed by atoms with Crippen LogP contribution in [0.3, 0.4) is 0 Å². The fourth-order valence-corrected chi connectivity index (χ4v) is 2.21. The number of amides is 1. The maximum Gasteiger partial charge on any atom is 0.253 e. The number of halogens is 1. The lowest BCUT2D eigenvalue weighted by Crippen LogP contribution is -2.27. The lowest BCUT2D eigenvalue weighted by atomic mass is 10.2. The van der Waals surface area contributed by atoms with Crippen molar-refractivity contribution in [1.82, 2.24) is 20.4 Å². The Kier molecular flexibility index (Phi) is 4.34. The van der Waals surface area contributed by atoms with Crippen LogP contribution in [0.1, 0.15) is 29.2 Å². The van der Waals surface area contributed by atoms with E-state index in [9.17, 15) is 4.79 Å². The molecule has 3 rings (SSSR count). The molecule has 0 aliphatic heterocycles. The first-order valence-electron chi connectivity index (χ1n) is 6.95. The van der Waals surface area contributed by atoms with Gasteiger partial charge in [-0.3, -0.25) is 9.78 Å². The summed E-state index contributed by atoms with van der Waals surface area (Å²) in [5.74, 6) is 0.367. The van der Waals surface area contributed by atoms with Crippen LogP contribution in [-0.2, 0) is 0 Å². The monoisotopic (exact) mass is 328 g/mol. The summed E-state index contributed by atoms with van der Waals surface area (Å²) in [6.45, 7) is 1.75. The van der Waals surface area contributed by atoms with Crippen molar-refractivity contribution in [2.45, 2.75) is 13.0 Å². The molecule has 0 unspecified atom stereocenters. The zero-order valence-corrected chi connectivity index (χ0v) is 13.0. The predicted molar refractivity (Wildman–Crippen MR) is 84.9 cm³/mol. The highest BCUT2D eigenvalue weighted by atomic mass is 35.5. The Labute approximate surface area is 137 Å². The van der Waals surface area contributed by atoms with E-state index in [-0.39, 0.29) is 5.91 Å². The summed E-state index contributed by atoms with van der Waals surface area (Å²) in [4.78, 5) is 20.6. The van der Waals surface area contributed by atoms with Gasteiger partial charge in [-0.15, -0.1) is 0 Å². The molecule has 3 aromatic rings. The fourth-order valence-electron chi connectivity index (χ4n) is 1.99. The largest absolute Gasteiger partial charge is 0.340 e. The zero-order chi connectivity index (χ0) is 16.2. The van der Waals surface area contributed by atoms with Gasteiger partial charge in [0.2, 0.25) is 11.7 Å². The number of hydrogen-bond donors (Lipinski definition) is 1. The number of carbonyl (C=O) groups excluding carboxylic acids is 1. The van der Waals surface area contributed by atoms with Crippen molar-refractivity contribution >= 4 is 17.5 Å². The molecule has 7 heteroatoms. The van der Waals surface area contributed by atoms with Gasteiger partial charge in [0.1, 0.15) is 11.7 Å². The van der Waals surface area contributed by atoms with Crippen molar-refractivity contribution in [2.75, 3.05) is 0 Å². The predicted octanol–water partition coefficient (Wildman–Crippen LogP) is 3.28. The maximum atomic E-state index is 12.2. The van der Waals surface area contributed by atoms with E-state index in [1.165, 1.54) is 0 Å². The van der Waals surface area contributed by atoms with Crippen LogP contribution >= 0.6 is 11.6 Å². The number of carbonyl (C=O) groups is 1. The molecule has 1 N–H and O–H groups in total. The van der Waals surface area contributed by atoms with E-state index in [0.717, 1.165) is 0 Å². The molecule has 23 heavy (non-hydrogen) atoms. The lowest BCUT2D eigenvalue weighted by Gasteiger charge is -2.10. The molecule has 0 saturated heterocycles. The highest BCUT2D eigenvalue weighted by Crippen LogP contribution is 2.19. The Morgan fingerprint density at radius 1 is 1.22 bits per heavy atom. The summed E-state index contributed by atoms with van der Waals surface area (Å²) < 4.78 is 5.20. The molecular weight excluding hydrogens is 316 g/mol. The minimum absolute atomic E-state index is 0.297. The first-order chi connectivity index (χ1) is 11.1. The van der Waals surface area contributed by atoms with Gasteiger partial charge in [-0.1, -0.05) is 35.0 Å². The van der Waals surface area contributed by atoms with Crippen LogP contribution in [0.25, 0.3) is 11.5 Å². The summed E-state index contributed by atoms with van der Waals surface area (Å²) in [6, 6.07) is 11.8. The highest BCUT2D eigenvalue weighted by Gasteiger charge is 2.19. The van der Waals surface area contributed by atoms with Gasteiger partial charge >= 0.3 is 0 Å². The minimum atomic E-state index is -0.455. The number of rotatable bonds is 4. The smallest absolute Gasteiger partial charge is 0.253 e. The van der Waals surface area contributed by atoms with Gasteiger partial charge in [0.15, 0.2) is 0 Å². The summed E-state index contributed by atoms with van der Waals surface area (Å²) in [5.41, 5.74) is 0.998. The minimum Gasteiger partial charge on any atom is -0.340 e. The Morgan fingerprint density at radius 3 is 2.74 bits per heavy atom. The normalized spacial score (nSPS) is 11.9. The molecule has 1 aromatic carbocycles. The van der Waals surface area contributed by atoms with Crippen molar-refractivity contribution in [3.8, 4) is 11.5 Å². The van der Waals surface area contributed by atoms with E-state index in [1.54, 1.807) is 49.5 Å². The molecule has 0 aliphatic rings. The maximum absolute atomic E-state index is 12.2. The van der Waals surface area contributed by atoms with Gasteiger partial charge in [0.05, 0.1) is 10.6 Å². The van der Waals surface area contributed by atoms with Gasteiger partial charge in [0, 0.05) is 6.20 Å². The van der Waals surface area contributed by atoms with E-state index in [1.807, 2.05) is 6.07 Å². The summed E-state index contributed by atoms with van der Waals surface area (Å²) >= 11 is 6.01. The van der Waals surface area contributed by atoms with Crippen LogP contribution < -0.4 is 5.32 Å². The van der Waals surface area contributed by atoms with Gasteiger partial charge < -0.3 is 9.84 Å². The van der Waals surface area contributed by atoms with Crippen LogP contribution in [0.15, 0.2) is 53.2 Å². The molecule has 0 radical (unpaired) electrons. The molecule has 0 bridgehead atoms. The third-order valence-corrected chi connectivity index (χ3v) is 3.50. The number of nitrogens with one attached hydrogen (secondary N) is 1. The molecule has 1 atom stereocenters. The van der Waals surface area contributed by atoms with E-state index in [2.05, 4.69) is 20.4 Å². The summed E-state index contributed by atoms with van der Waals surface area (Å²) in [5, 5.41) is 7.04. The molecule has 2 heterocycles. The van der Waals surface area contributed by atoms with Crippen LogP contribution in [0.2, 0.25) is 5.02 Å². The molecule has 0 fully saturated rings. The van der Waals surface area contributed by atoms with E-state index in [4.69, 9.17) is 16.1 Å². The Morgan fingerprint density at radius 2 is 2.00 bits per heavy atom. The fraction of sp³-hybridized carbons (Fsp3) is 0.125. The molecular formula is C16H13ClN4O2. The lowest BCUT2D eigenvalue weighted by molar-refractivity contribution is 0.0932. The first-order valence-corrected chi connectivity index (χ1v) is 7.33. The molecule has 2 aromatic heterocycles. The third-order valence-electron chi connectivity index (χ3n) is 3.17. The van der Waals surface area contributed by atoms with Crippen LogP contribution in [-0.4, -0.2) is 21.0 Å². The number of hydrogen-bond acceptors (Lipinski definition) is 5. The Balaban J connectivity index is 1.74. The molecule has 116 valence electrons. The van der Waals surface area contributed by atoms with Crippen LogP contribution in [0.5, 0.6) is 0 Å². The number of aromatic nitrogens is 3. The third kappa shape index (κ3) is 3.37. The zero-order valence-electron chi connectivity index (χ0n) is 12.2. The molecule has 6 nitrogen and oxygen atoms in total. The van der Waals surface area contributed by atoms with Crippen LogP contribution in [0, 0.1) is 0 Å². The molecule has 0 aliphatic carbocycles. The number of nitrogens with zero attached hydrogens (tertiary/aromatic N) is 3. The van der Waals surface area contributed by atoms with E-state index >= 15 is 0 Å². The van der Waals surface area contributed by atoms with Crippen molar-refractivity contribution in [3.63, 3.8) is 0 Å². The van der Waals surface area contributed by atoms with Crippen LogP contribution in [0.4, 0.5) is 0 Å². The quantitative estimate of drug-likeness (QED) is 0.795. The summed E-state index contributed by atoms with van der Waals surface area (Å²) in [6.07, 6.45) is 1.65. The van der Waals surface area contributed by atoms with E-state index < -0.39 is 6.04 Å². The average Bonchev–Trinajstić information content (AvgIpc) is 3.06. The number of pyridine rings is 1. The standard InChI is InChI=1S/C16H13ClN4O2/c1-10(19-15(22)11-6-2-3-7-12(11)17)16-20-14(21-23-16)13-8-4-5-9-18-13/h2-10H,1H3,(H,19,22)/t10-/m0/s1. The number of benzene rings is 1. The Hall–Kier alpha value is -2.73. The van der Waals surface area contributed by atoms with Crippen molar-refractivity contribution in [2.24, 2.45) is 0 Å².